The molecule has 0 aliphatic carbocycles. The van der Waals surface area contributed by atoms with Crippen molar-refractivity contribution in [1.82, 2.24) is 4.98 Å². The molecule has 0 fully saturated rings. The monoisotopic (exact) mass is 498 g/mol. The molecule has 0 aliphatic rings. The van der Waals surface area contributed by atoms with Gasteiger partial charge in [0.15, 0.2) is 5.13 Å². The number of unbranched alkanes of at least 4 members (excludes halogenated alkanes) is 1. The summed E-state index contributed by atoms with van der Waals surface area (Å²) in [6.45, 7) is 2.16. The molecule has 1 N–H and O–H groups in total. The lowest BCUT2D eigenvalue weighted by Gasteiger charge is -2.02. The van der Waals surface area contributed by atoms with E-state index in [9.17, 15) is 4.79 Å². The predicted molar refractivity (Wildman–Crippen MR) is 125 cm³/mol. The highest BCUT2D eigenvalue weighted by Crippen LogP contribution is 2.28. The molecule has 0 atom stereocenters. The van der Waals surface area contributed by atoms with E-state index in [1.54, 1.807) is 24.3 Å². The van der Waals surface area contributed by atoms with Crippen molar-refractivity contribution in [1.29, 1.82) is 0 Å². The molecule has 1 heterocycles. The first-order valence-corrected chi connectivity index (χ1v) is 10.4. The molecule has 3 nitrogen and oxygen atoms in total. The molecule has 7 heteroatoms. The second-order valence-electron chi connectivity index (χ2n) is 6.26. The maximum absolute atomic E-state index is 12.5. The summed E-state index contributed by atoms with van der Waals surface area (Å²) in [6, 6.07) is 14.7. The minimum Gasteiger partial charge on any atom is -0.298 e. The number of benzene rings is 2. The Balaban J connectivity index is 0.00000280. The Morgan fingerprint density at radius 1 is 1.04 bits per heavy atom. The molecule has 1 amide bonds. The average molecular weight is 500 g/mol. The molecule has 0 radical (unpaired) electrons. The van der Waals surface area contributed by atoms with Gasteiger partial charge in [-0.05, 0) is 54.8 Å². The molecule has 3 aromatic rings. The molecule has 1 aromatic heterocycles. The number of aryl methyl sites for hydroxylation is 1. The molecular weight excluding hydrogens is 479 g/mol. The highest BCUT2D eigenvalue weighted by Gasteiger charge is 2.14. The van der Waals surface area contributed by atoms with Gasteiger partial charge in [-0.2, -0.15) is 0 Å². The first kappa shape index (κ1) is 22.9. The van der Waals surface area contributed by atoms with Crippen LogP contribution >= 0.6 is 51.5 Å². The van der Waals surface area contributed by atoms with E-state index in [1.807, 2.05) is 24.3 Å². The molecular formula is C21H21BrCl2N2OS. The van der Waals surface area contributed by atoms with Gasteiger partial charge in [-0.3, -0.25) is 10.1 Å². The Kier molecular flexibility index (Phi) is 8.96. The van der Waals surface area contributed by atoms with Gasteiger partial charge in [-0.25, -0.2) is 4.98 Å². The van der Waals surface area contributed by atoms with Crippen LogP contribution in [0.2, 0.25) is 10.0 Å². The fourth-order valence-corrected chi connectivity index (χ4v) is 3.96. The van der Waals surface area contributed by atoms with E-state index in [0.717, 1.165) is 36.4 Å². The van der Waals surface area contributed by atoms with Crippen molar-refractivity contribution < 1.29 is 4.79 Å². The van der Waals surface area contributed by atoms with Crippen LogP contribution < -0.4 is 5.32 Å². The summed E-state index contributed by atoms with van der Waals surface area (Å²) in [5, 5.41) is 4.88. The summed E-state index contributed by atoms with van der Waals surface area (Å²) in [6.07, 6.45) is 3.86. The van der Waals surface area contributed by atoms with Gasteiger partial charge in [-0.15, -0.1) is 28.3 Å². The number of rotatable bonds is 7. The van der Waals surface area contributed by atoms with Gasteiger partial charge in [-0.1, -0.05) is 48.7 Å². The molecule has 148 valence electrons. The number of anilines is 1. The fourth-order valence-electron chi connectivity index (χ4n) is 2.67. The highest BCUT2D eigenvalue weighted by molar-refractivity contribution is 8.93. The number of nitrogens with zero attached hydrogens (tertiary/aromatic N) is 1. The third kappa shape index (κ3) is 6.31. The van der Waals surface area contributed by atoms with Gasteiger partial charge in [0.2, 0.25) is 0 Å². The van der Waals surface area contributed by atoms with Crippen molar-refractivity contribution in [3.63, 3.8) is 0 Å². The zero-order valence-corrected chi connectivity index (χ0v) is 19.4. The van der Waals surface area contributed by atoms with E-state index in [0.29, 0.717) is 15.7 Å². The van der Waals surface area contributed by atoms with Crippen molar-refractivity contribution in [3.8, 4) is 0 Å². The zero-order valence-electron chi connectivity index (χ0n) is 15.4. The van der Waals surface area contributed by atoms with Crippen molar-refractivity contribution in [2.45, 2.75) is 32.6 Å². The van der Waals surface area contributed by atoms with Crippen LogP contribution in [0, 0.1) is 0 Å². The lowest BCUT2D eigenvalue weighted by atomic mass is 10.1. The third-order valence-corrected chi connectivity index (χ3v) is 5.67. The number of thiazole rings is 1. The van der Waals surface area contributed by atoms with Crippen molar-refractivity contribution in [2.75, 3.05) is 5.32 Å². The van der Waals surface area contributed by atoms with Crippen LogP contribution in [0.5, 0.6) is 0 Å². The van der Waals surface area contributed by atoms with Crippen molar-refractivity contribution in [2.24, 2.45) is 0 Å². The third-order valence-electron chi connectivity index (χ3n) is 4.15. The number of nitrogens with one attached hydrogen (secondary N) is 1. The summed E-state index contributed by atoms with van der Waals surface area (Å²) in [7, 11) is 0. The molecule has 0 saturated carbocycles. The summed E-state index contributed by atoms with van der Waals surface area (Å²) < 4.78 is 0. The Bertz CT molecular complexity index is 911. The number of carbonyl (C=O) groups excluding carboxylic acids is 1. The van der Waals surface area contributed by atoms with E-state index >= 15 is 0 Å². The minimum absolute atomic E-state index is 0. The van der Waals surface area contributed by atoms with Crippen molar-refractivity contribution >= 4 is 62.6 Å². The van der Waals surface area contributed by atoms with E-state index < -0.39 is 0 Å². The van der Waals surface area contributed by atoms with E-state index in [4.69, 9.17) is 23.2 Å². The predicted octanol–water partition coefficient (Wildman–Crippen LogP) is 7.21. The Hall–Kier alpha value is -1.40. The normalized spacial score (nSPS) is 10.4. The van der Waals surface area contributed by atoms with Gasteiger partial charge >= 0.3 is 0 Å². The van der Waals surface area contributed by atoms with Gasteiger partial charge in [0.25, 0.3) is 5.91 Å². The molecule has 0 spiro atoms. The Morgan fingerprint density at radius 3 is 2.25 bits per heavy atom. The van der Waals surface area contributed by atoms with E-state index in [-0.39, 0.29) is 22.9 Å². The summed E-state index contributed by atoms with van der Waals surface area (Å²) in [4.78, 5) is 18.3. The van der Waals surface area contributed by atoms with Crippen molar-refractivity contribution in [3.05, 3.63) is 80.3 Å². The quantitative estimate of drug-likeness (QED) is 0.373. The first-order chi connectivity index (χ1) is 13.0. The van der Waals surface area contributed by atoms with E-state index in [1.165, 1.54) is 21.8 Å². The first-order valence-electron chi connectivity index (χ1n) is 8.85. The number of carbonyl (C=O) groups is 1. The van der Waals surface area contributed by atoms with E-state index in [2.05, 4.69) is 17.2 Å². The number of halogens is 3. The SMILES string of the molecule is Br.CCCCc1nc(NC(=O)c2ccc(Cl)cc2)sc1Cc1ccc(Cl)cc1. The summed E-state index contributed by atoms with van der Waals surface area (Å²) in [5.41, 5.74) is 2.79. The van der Waals surface area contributed by atoms with Crippen LogP contribution in [0.25, 0.3) is 0 Å². The molecule has 0 bridgehead atoms. The van der Waals surface area contributed by atoms with Gasteiger partial charge in [0.1, 0.15) is 0 Å². The maximum Gasteiger partial charge on any atom is 0.257 e. The Labute approximate surface area is 189 Å². The average Bonchev–Trinajstić information content (AvgIpc) is 3.03. The number of hydrogen-bond acceptors (Lipinski definition) is 3. The number of hydrogen-bond donors (Lipinski definition) is 1. The molecule has 3 rings (SSSR count). The van der Waals surface area contributed by atoms with Crippen LogP contribution in [-0.4, -0.2) is 10.9 Å². The smallest absolute Gasteiger partial charge is 0.257 e. The molecule has 0 unspecified atom stereocenters. The number of amides is 1. The molecule has 2 aromatic carbocycles. The van der Waals surface area contributed by atoms with Crippen LogP contribution in [0.15, 0.2) is 48.5 Å². The molecule has 0 saturated heterocycles. The van der Waals surface area contributed by atoms with Gasteiger partial charge in [0.05, 0.1) is 5.69 Å². The highest BCUT2D eigenvalue weighted by atomic mass is 79.9. The minimum atomic E-state index is -0.180. The van der Waals surface area contributed by atoms with Gasteiger partial charge in [0, 0.05) is 26.9 Å². The molecule has 0 aliphatic heterocycles. The lowest BCUT2D eigenvalue weighted by molar-refractivity contribution is 0.102. The van der Waals surface area contributed by atoms with Crippen LogP contribution in [-0.2, 0) is 12.8 Å². The molecule has 28 heavy (non-hydrogen) atoms. The Morgan fingerprint density at radius 2 is 1.64 bits per heavy atom. The van der Waals surface area contributed by atoms with Crippen LogP contribution in [0.1, 0.15) is 46.3 Å². The lowest BCUT2D eigenvalue weighted by Crippen LogP contribution is -2.11. The van der Waals surface area contributed by atoms with Crippen LogP contribution in [0.4, 0.5) is 5.13 Å². The fraction of sp³-hybridized carbons (Fsp3) is 0.238. The maximum atomic E-state index is 12.5. The summed E-state index contributed by atoms with van der Waals surface area (Å²) in [5.74, 6) is -0.180. The second kappa shape index (κ2) is 11.0. The summed E-state index contributed by atoms with van der Waals surface area (Å²) >= 11 is 13.4. The largest absolute Gasteiger partial charge is 0.298 e. The number of aromatic nitrogens is 1. The second-order valence-corrected chi connectivity index (χ2v) is 8.21. The topological polar surface area (TPSA) is 42.0 Å². The van der Waals surface area contributed by atoms with Gasteiger partial charge < -0.3 is 0 Å². The standard InChI is InChI=1S/C21H20Cl2N2OS.BrH/c1-2-3-4-18-19(13-14-5-9-16(22)10-6-14)27-21(24-18)25-20(26)15-7-11-17(23)12-8-15;/h5-12H,2-4,13H2,1H3,(H,24,25,26);1H. The van der Waals surface area contributed by atoms with Crippen LogP contribution in [0.3, 0.4) is 0 Å². The zero-order chi connectivity index (χ0) is 19.2.